The van der Waals surface area contributed by atoms with Gasteiger partial charge in [0.15, 0.2) is 0 Å². The van der Waals surface area contributed by atoms with E-state index >= 15 is 0 Å². The van der Waals surface area contributed by atoms with Crippen LogP contribution in [0.25, 0.3) is 0 Å². The number of ether oxygens (including phenoxy) is 1. The SMILES string of the molecule is CC(C)COc1ccc(CNC(=O)NCCCN2CCCCCC2)cc1. The Bertz CT molecular complexity index is 508. The maximum absolute atomic E-state index is 11.9. The third-order valence-electron chi connectivity index (χ3n) is 4.60. The van der Waals surface area contributed by atoms with Crippen molar-refractivity contribution in [3.05, 3.63) is 29.8 Å². The lowest BCUT2D eigenvalue weighted by Gasteiger charge is -2.19. The first-order valence-corrected chi connectivity index (χ1v) is 10.1. The topological polar surface area (TPSA) is 53.6 Å². The number of carbonyl (C=O) groups excluding carboxylic acids is 1. The first kappa shape index (κ1) is 20.6. The van der Waals surface area contributed by atoms with E-state index in [0.29, 0.717) is 12.5 Å². The average Bonchev–Trinajstić information content (AvgIpc) is 2.91. The van der Waals surface area contributed by atoms with Crippen molar-refractivity contribution in [3.8, 4) is 5.75 Å². The highest BCUT2D eigenvalue weighted by Crippen LogP contribution is 2.13. The molecule has 5 nitrogen and oxygen atoms in total. The number of nitrogens with one attached hydrogen (secondary N) is 2. The second kappa shape index (κ2) is 11.8. The zero-order valence-corrected chi connectivity index (χ0v) is 16.4. The summed E-state index contributed by atoms with van der Waals surface area (Å²) in [5.74, 6) is 1.39. The van der Waals surface area contributed by atoms with E-state index in [9.17, 15) is 4.79 Å². The summed E-state index contributed by atoms with van der Waals surface area (Å²) in [6.45, 7) is 9.74. The molecule has 1 saturated heterocycles. The molecule has 26 heavy (non-hydrogen) atoms. The van der Waals surface area contributed by atoms with E-state index in [0.717, 1.165) is 37.4 Å². The fourth-order valence-electron chi connectivity index (χ4n) is 3.08. The number of hydrogen-bond acceptors (Lipinski definition) is 3. The predicted octanol–water partition coefficient (Wildman–Crippen LogP) is 3.79. The molecule has 1 aliphatic rings. The fraction of sp³-hybridized carbons (Fsp3) is 0.667. The Balaban J connectivity index is 1.56. The van der Waals surface area contributed by atoms with E-state index in [-0.39, 0.29) is 6.03 Å². The first-order chi connectivity index (χ1) is 12.6. The quantitative estimate of drug-likeness (QED) is 0.658. The summed E-state index contributed by atoms with van der Waals surface area (Å²) in [7, 11) is 0. The number of benzene rings is 1. The molecule has 0 spiro atoms. The maximum atomic E-state index is 11.9. The van der Waals surface area contributed by atoms with E-state index in [1.807, 2.05) is 24.3 Å². The summed E-state index contributed by atoms with van der Waals surface area (Å²) < 4.78 is 5.67. The number of amides is 2. The van der Waals surface area contributed by atoms with Gasteiger partial charge in [-0.25, -0.2) is 4.79 Å². The van der Waals surface area contributed by atoms with Crippen molar-refractivity contribution in [3.63, 3.8) is 0 Å². The Hall–Kier alpha value is -1.75. The van der Waals surface area contributed by atoms with Crippen LogP contribution in [0.2, 0.25) is 0 Å². The molecular formula is C21H35N3O2. The molecule has 1 fully saturated rings. The van der Waals surface area contributed by atoms with Gasteiger partial charge in [0.1, 0.15) is 5.75 Å². The zero-order valence-electron chi connectivity index (χ0n) is 16.4. The first-order valence-electron chi connectivity index (χ1n) is 10.1. The van der Waals surface area contributed by atoms with Crippen molar-refractivity contribution >= 4 is 6.03 Å². The Morgan fingerprint density at radius 2 is 1.77 bits per heavy atom. The van der Waals surface area contributed by atoms with Gasteiger partial charge in [-0.3, -0.25) is 0 Å². The Morgan fingerprint density at radius 1 is 1.08 bits per heavy atom. The van der Waals surface area contributed by atoms with Gasteiger partial charge in [-0.2, -0.15) is 0 Å². The van der Waals surface area contributed by atoms with Crippen LogP contribution in [0, 0.1) is 5.92 Å². The molecule has 0 saturated carbocycles. The summed E-state index contributed by atoms with van der Waals surface area (Å²) in [6.07, 6.45) is 6.36. The van der Waals surface area contributed by atoms with Crippen LogP contribution < -0.4 is 15.4 Å². The number of urea groups is 1. The molecule has 1 aliphatic heterocycles. The molecular weight excluding hydrogens is 326 g/mol. The van der Waals surface area contributed by atoms with Crippen LogP contribution in [0.15, 0.2) is 24.3 Å². The fourth-order valence-corrected chi connectivity index (χ4v) is 3.08. The van der Waals surface area contributed by atoms with Gasteiger partial charge in [0.2, 0.25) is 0 Å². The van der Waals surface area contributed by atoms with Gasteiger partial charge in [0.05, 0.1) is 6.61 Å². The van der Waals surface area contributed by atoms with Crippen LogP contribution >= 0.6 is 0 Å². The second-order valence-corrected chi connectivity index (χ2v) is 7.57. The summed E-state index contributed by atoms with van der Waals surface area (Å²) in [6, 6.07) is 7.81. The summed E-state index contributed by atoms with van der Waals surface area (Å²) in [5, 5.41) is 5.86. The van der Waals surface area contributed by atoms with Gasteiger partial charge in [-0.1, -0.05) is 38.8 Å². The molecule has 1 aromatic carbocycles. The molecule has 5 heteroatoms. The molecule has 2 rings (SSSR count). The third-order valence-corrected chi connectivity index (χ3v) is 4.60. The highest BCUT2D eigenvalue weighted by atomic mass is 16.5. The number of carbonyl (C=O) groups is 1. The van der Waals surface area contributed by atoms with Crippen LogP contribution in [0.3, 0.4) is 0 Å². The molecule has 0 aliphatic carbocycles. The summed E-state index contributed by atoms with van der Waals surface area (Å²) >= 11 is 0. The monoisotopic (exact) mass is 361 g/mol. The smallest absolute Gasteiger partial charge is 0.315 e. The van der Waals surface area contributed by atoms with Crippen molar-refractivity contribution in [2.24, 2.45) is 5.92 Å². The van der Waals surface area contributed by atoms with E-state index in [4.69, 9.17) is 4.74 Å². The van der Waals surface area contributed by atoms with Crippen LogP contribution in [0.1, 0.15) is 51.5 Å². The molecule has 146 valence electrons. The van der Waals surface area contributed by atoms with E-state index in [2.05, 4.69) is 29.4 Å². The number of hydrogen-bond donors (Lipinski definition) is 2. The molecule has 1 aromatic rings. The minimum absolute atomic E-state index is 0.0963. The van der Waals surface area contributed by atoms with Crippen molar-refractivity contribution < 1.29 is 9.53 Å². The van der Waals surface area contributed by atoms with Crippen molar-refractivity contribution in [2.45, 2.75) is 52.5 Å². The lowest BCUT2D eigenvalue weighted by molar-refractivity contribution is 0.238. The van der Waals surface area contributed by atoms with Gasteiger partial charge in [-0.15, -0.1) is 0 Å². The Morgan fingerprint density at radius 3 is 2.42 bits per heavy atom. The zero-order chi connectivity index (χ0) is 18.6. The third kappa shape index (κ3) is 8.56. The molecule has 0 atom stereocenters. The van der Waals surface area contributed by atoms with Crippen molar-refractivity contribution in [2.75, 3.05) is 32.8 Å². The van der Waals surface area contributed by atoms with Gasteiger partial charge in [0, 0.05) is 13.1 Å². The Labute approximate surface area is 158 Å². The van der Waals surface area contributed by atoms with Crippen LogP contribution in [0.4, 0.5) is 4.79 Å². The predicted molar refractivity (Wildman–Crippen MR) is 107 cm³/mol. The number of rotatable bonds is 9. The molecule has 0 bridgehead atoms. The van der Waals surface area contributed by atoms with Crippen molar-refractivity contribution in [1.29, 1.82) is 0 Å². The number of nitrogens with zero attached hydrogens (tertiary/aromatic N) is 1. The minimum atomic E-state index is -0.0963. The van der Waals surface area contributed by atoms with Crippen LogP contribution in [0.5, 0.6) is 5.75 Å². The molecule has 0 unspecified atom stereocenters. The molecule has 0 radical (unpaired) electrons. The van der Waals surface area contributed by atoms with Crippen LogP contribution in [-0.2, 0) is 6.54 Å². The highest BCUT2D eigenvalue weighted by molar-refractivity contribution is 5.73. The highest BCUT2D eigenvalue weighted by Gasteiger charge is 2.08. The van der Waals surface area contributed by atoms with Gasteiger partial charge < -0.3 is 20.3 Å². The summed E-state index contributed by atoms with van der Waals surface area (Å²) in [5.41, 5.74) is 1.07. The second-order valence-electron chi connectivity index (χ2n) is 7.57. The van der Waals surface area contributed by atoms with E-state index < -0.39 is 0 Å². The van der Waals surface area contributed by atoms with Crippen molar-refractivity contribution in [1.82, 2.24) is 15.5 Å². The summed E-state index contributed by atoms with van der Waals surface area (Å²) in [4.78, 5) is 14.4. The average molecular weight is 362 g/mol. The molecule has 1 heterocycles. The van der Waals surface area contributed by atoms with Gasteiger partial charge in [-0.05, 0) is 62.5 Å². The molecule has 2 N–H and O–H groups in total. The molecule has 2 amide bonds. The number of likely N-dealkylation sites (tertiary alicyclic amines) is 1. The van der Waals surface area contributed by atoms with Gasteiger partial charge in [0.25, 0.3) is 0 Å². The lowest BCUT2D eigenvalue weighted by atomic mass is 10.2. The van der Waals surface area contributed by atoms with Gasteiger partial charge >= 0.3 is 6.03 Å². The van der Waals surface area contributed by atoms with Crippen LogP contribution in [-0.4, -0.2) is 43.7 Å². The molecule has 0 aromatic heterocycles. The largest absolute Gasteiger partial charge is 0.493 e. The standard InChI is InChI=1S/C21H35N3O2/c1-18(2)17-26-20-10-8-19(9-11-20)16-23-21(25)22-12-7-15-24-13-5-3-4-6-14-24/h8-11,18H,3-7,12-17H2,1-2H3,(H2,22,23,25). The lowest BCUT2D eigenvalue weighted by Crippen LogP contribution is -2.37. The maximum Gasteiger partial charge on any atom is 0.315 e. The Kier molecular flexibility index (Phi) is 9.32. The normalized spacial score (nSPS) is 15.5. The minimum Gasteiger partial charge on any atom is -0.493 e. The van der Waals surface area contributed by atoms with E-state index in [1.54, 1.807) is 0 Å². The van der Waals surface area contributed by atoms with E-state index in [1.165, 1.54) is 38.8 Å².